The summed E-state index contributed by atoms with van der Waals surface area (Å²) in [6.07, 6.45) is 1.63. The molecule has 7 heteroatoms. The first-order valence-corrected chi connectivity index (χ1v) is 9.39. The molecule has 3 aromatic rings. The van der Waals surface area contributed by atoms with Crippen molar-refractivity contribution in [3.8, 4) is 17.2 Å². The van der Waals surface area contributed by atoms with Gasteiger partial charge in [-0.3, -0.25) is 4.79 Å². The lowest BCUT2D eigenvalue weighted by Gasteiger charge is -2.09. The maximum atomic E-state index is 11.9. The van der Waals surface area contributed by atoms with Crippen molar-refractivity contribution in [1.29, 1.82) is 0 Å². The molecule has 6 nitrogen and oxygen atoms in total. The molecule has 0 spiro atoms. The van der Waals surface area contributed by atoms with E-state index in [0.717, 1.165) is 28.4 Å². The second-order valence-corrected chi connectivity index (χ2v) is 6.83. The van der Waals surface area contributed by atoms with Gasteiger partial charge in [-0.2, -0.15) is 5.10 Å². The van der Waals surface area contributed by atoms with Crippen molar-refractivity contribution in [2.45, 2.75) is 13.8 Å². The first-order chi connectivity index (χ1) is 14.0. The molecule has 29 heavy (non-hydrogen) atoms. The molecule has 1 heterocycles. The first-order valence-electron chi connectivity index (χ1n) is 9.01. The number of amides is 1. The van der Waals surface area contributed by atoms with Gasteiger partial charge in [0.25, 0.3) is 5.91 Å². The average molecular weight is 412 g/mol. The normalized spacial score (nSPS) is 10.9. The van der Waals surface area contributed by atoms with Crippen LogP contribution in [0.2, 0.25) is 5.02 Å². The van der Waals surface area contributed by atoms with E-state index in [9.17, 15) is 4.79 Å². The van der Waals surface area contributed by atoms with Crippen molar-refractivity contribution < 1.29 is 14.3 Å². The van der Waals surface area contributed by atoms with Crippen molar-refractivity contribution >= 4 is 23.7 Å². The molecule has 2 aromatic carbocycles. The number of benzene rings is 2. The molecule has 0 aliphatic rings. The quantitative estimate of drug-likeness (QED) is 0.466. The van der Waals surface area contributed by atoms with Crippen molar-refractivity contribution in [2.24, 2.45) is 5.10 Å². The maximum Gasteiger partial charge on any atom is 0.277 e. The third-order valence-electron chi connectivity index (χ3n) is 4.38. The van der Waals surface area contributed by atoms with E-state index in [1.807, 2.05) is 44.2 Å². The zero-order valence-corrected chi connectivity index (χ0v) is 17.2. The van der Waals surface area contributed by atoms with Gasteiger partial charge in [0.2, 0.25) is 0 Å². The summed E-state index contributed by atoms with van der Waals surface area (Å²) in [6, 6.07) is 16.6. The number of hydrazone groups is 1. The third-order valence-corrected chi connectivity index (χ3v) is 4.63. The summed E-state index contributed by atoms with van der Waals surface area (Å²) >= 11 is 5.97. The van der Waals surface area contributed by atoms with E-state index >= 15 is 0 Å². The summed E-state index contributed by atoms with van der Waals surface area (Å²) < 4.78 is 12.6. The largest absolute Gasteiger partial charge is 0.497 e. The van der Waals surface area contributed by atoms with Crippen LogP contribution in [0.5, 0.6) is 11.5 Å². The Morgan fingerprint density at radius 1 is 1.10 bits per heavy atom. The van der Waals surface area contributed by atoms with Crippen LogP contribution in [0, 0.1) is 13.8 Å². The molecule has 3 rings (SSSR count). The smallest absolute Gasteiger partial charge is 0.277 e. The van der Waals surface area contributed by atoms with Crippen LogP contribution in [-0.4, -0.2) is 30.4 Å². The zero-order valence-electron chi connectivity index (χ0n) is 16.5. The monoisotopic (exact) mass is 411 g/mol. The molecule has 0 bridgehead atoms. The number of methoxy groups -OCH3 is 1. The molecular formula is C22H22ClN3O3. The van der Waals surface area contributed by atoms with E-state index in [1.54, 1.807) is 37.6 Å². The van der Waals surface area contributed by atoms with E-state index < -0.39 is 0 Å². The molecule has 150 valence electrons. The highest BCUT2D eigenvalue weighted by Gasteiger charge is 2.09. The number of hydrogen-bond donors (Lipinski definition) is 1. The fourth-order valence-electron chi connectivity index (χ4n) is 2.93. The lowest BCUT2D eigenvalue weighted by atomic mass is 10.2. The molecule has 0 aliphatic heterocycles. The van der Waals surface area contributed by atoms with E-state index in [0.29, 0.717) is 10.8 Å². The SMILES string of the molecule is COc1ccc(OCC(=O)N/N=C/c2cc(C)n(-c3ccc(Cl)cc3)c2C)cc1. The minimum absolute atomic E-state index is 0.131. The highest BCUT2D eigenvalue weighted by atomic mass is 35.5. The Kier molecular flexibility index (Phi) is 6.57. The molecule has 0 unspecified atom stereocenters. The van der Waals surface area contributed by atoms with Gasteiger partial charge >= 0.3 is 0 Å². The molecule has 1 amide bonds. The Hall–Kier alpha value is -3.25. The number of carbonyl (C=O) groups is 1. The fraction of sp³-hybridized carbons (Fsp3) is 0.182. The third kappa shape index (κ3) is 5.18. The fourth-order valence-corrected chi connectivity index (χ4v) is 3.06. The standard InChI is InChI=1S/C22H22ClN3O3/c1-15-12-17(16(2)26(15)19-6-4-18(23)5-7-19)13-24-25-22(27)14-29-21-10-8-20(28-3)9-11-21/h4-13H,14H2,1-3H3,(H,25,27)/b24-13+. The number of aromatic nitrogens is 1. The van der Waals surface area contributed by atoms with Crippen LogP contribution >= 0.6 is 11.6 Å². The van der Waals surface area contributed by atoms with Crippen LogP contribution in [0.3, 0.4) is 0 Å². The lowest BCUT2D eigenvalue weighted by Crippen LogP contribution is -2.24. The molecular weight excluding hydrogens is 390 g/mol. The van der Waals surface area contributed by atoms with Crippen molar-refractivity contribution in [3.05, 3.63) is 76.6 Å². The van der Waals surface area contributed by atoms with Gasteiger partial charge in [0.05, 0.1) is 13.3 Å². The van der Waals surface area contributed by atoms with Gasteiger partial charge in [-0.15, -0.1) is 0 Å². The summed E-state index contributed by atoms with van der Waals surface area (Å²) in [5.74, 6) is 0.961. The second kappa shape index (κ2) is 9.30. The number of halogens is 1. The molecule has 0 aliphatic carbocycles. The molecule has 0 radical (unpaired) electrons. The van der Waals surface area contributed by atoms with Crippen LogP contribution in [0.1, 0.15) is 17.0 Å². The molecule has 1 aromatic heterocycles. The number of ether oxygens (including phenoxy) is 2. The summed E-state index contributed by atoms with van der Waals surface area (Å²) in [5, 5.41) is 4.74. The molecule has 1 N–H and O–H groups in total. The Bertz CT molecular complexity index is 1010. The topological polar surface area (TPSA) is 64.8 Å². The Morgan fingerprint density at radius 2 is 1.76 bits per heavy atom. The van der Waals surface area contributed by atoms with E-state index in [1.165, 1.54) is 0 Å². The summed E-state index contributed by atoms with van der Waals surface area (Å²) in [6.45, 7) is 3.88. The highest BCUT2D eigenvalue weighted by molar-refractivity contribution is 6.30. The van der Waals surface area contributed by atoms with Gasteiger partial charge in [-0.1, -0.05) is 11.6 Å². The highest BCUT2D eigenvalue weighted by Crippen LogP contribution is 2.21. The number of nitrogens with one attached hydrogen (secondary N) is 1. The maximum absolute atomic E-state index is 11.9. The zero-order chi connectivity index (χ0) is 20.8. The Labute approximate surface area is 174 Å². The molecule has 0 atom stereocenters. The lowest BCUT2D eigenvalue weighted by molar-refractivity contribution is -0.123. The number of nitrogens with zero attached hydrogens (tertiary/aromatic N) is 2. The predicted molar refractivity (Wildman–Crippen MR) is 114 cm³/mol. The number of carbonyl (C=O) groups excluding carboxylic acids is 1. The van der Waals surface area contributed by atoms with Gasteiger partial charge in [-0.05, 0) is 68.4 Å². The van der Waals surface area contributed by atoms with Gasteiger partial charge in [0.1, 0.15) is 11.5 Å². The summed E-state index contributed by atoms with van der Waals surface area (Å²) in [7, 11) is 1.59. The van der Waals surface area contributed by atoms with Crippen molar-refractivity contribution in [3.63, 3.8) is 0 Å². The molecule has 0 saturated carbocycles. The van der Waals surface area contributed by atoms with Crippen LogP contribution in [-0.2, 0) is 4.79 Å². The average Bonchev–Trinajstić information content (AvgIpc) is 3.01. The second-order valence-electron chi connectivity index (χ2n) is 6.40. The van der Waals surface area contributed by atoms with Crippen LogP contribution in [0.15, 0.2) is 59.7 Å². The van der Waals surface area contributed by atoms with Crippen LogP contribution in [0.4, 0.5) is 0 Å². The summed E-state index contributed by atoms with van der Waals surface area (Å²) in [4.78, 5) is 11.9. The van der Waals surface area contributed by atoms with Crippen LogP contribution in [0.25, 0.3) is 5.69 Å². The Morgan fingerprint density at radius 3 is 2.41 bits per heavy atom. The van der Waals surface area contributed by atoms with Gasteiger partial charge in [0, 0.05) is 27.7 Å². The minimum atomic E-state index is -0.344. The molecule has 0 fully saturated rings. The number of rotatable bonds is 7. The number of hydrogen-bond acceptors (Lipinski definition) is 4. The van der Waals surface area contributed by atoms with E-state index in [4.69, 9.17) is 21.1 Å². The van der Waals surface area contributed by atoms with Gasteiger partial charge in [0.15, 0.2) is 6.61 Å². The minimum Gasteiger partial charge on any atom is -0.497 e. The van der Waals surface area contributed by atoms with E-state index in [2.05, 4.69) is 15.1 Å². The van der Waals surface area contributed by atoms with Crippen LogP contribution < -0.4 is 14.9 Å². The van der Waals surface area contributed by atoms with E-state index in [-0.39, 0.29) is 12.5 Å². The van der Waals surface area contributed by atoms with Gasteiger partial charge in [-0.25, -0.2) is 5.43 Å². The Balaban J connectivity index is 1.59. The summed E-state index contributed by atoms with van der Waals surface area (Å²) in [5.41, 5.74) is 6.47. The van der Waals surface area contributed by atoms with Gasteiger partial charge < -0.3 is 14.0 Å². The first kappa shape index (κ1) is 20.5. The number of aryl methyl sites for hydroxylation is 1. The molecule has 0 saturated heterocycles. The predicted octanol–water partition coefficient (Wildman–Crippen LogP) is 4.29. The van der Waals surface area contributed by atoms with Crippen molar-refractivity contribution in [1.82, 2.24) is 9.99 Å². The van der Waals surface area contributed by atoms with Crippen molar-refractivity contribution in [2.75, 3.05) is 13.7 Å².